The minimum absolute atomic E-state index is 0.0181. The fourth-order valence-electron chi connectivity index (χ4n) is 4.39. The number of aromatic amines is 1. The molecule has 33 heavy (non-hydrogen) atoms. The first-order valence-electron chi connectivity index (χ1n) is 11.8. The van der Waals surface area contributed by atoms with Crippen LogP contribution >= 0.6 is 0 Å². The van der Waals surface area contributed by atoms with Gasteiger partial charge in [0.15, 0.2) is 0 Å². The summed E-state index contributed by atoms with van der Waals surface area (Å²) in [5.41, 5.74) is 1.76. The number of nitrogens with one attached hydrogen (secondary N) is 2. The number of amides is 1. The number of alkyl carbamates (subject to hydrolysis) is 1. The first-order chi connectivity index (χ1) is 15.3. The van der Waals surface area contributed by atoms with Crippen LogP contribution in [-0.4, -0.2) is 46.0 Å². The molecule has 7 nitrogen and oxygen atoms in total. The molecule has 0 bridgehead atoms. The van der Waals surface area contributed by atoms with Crippen LogP contribution in [0.15, 0.2) is 30.5 Å². The summed E-state index contributed by atoms with van der Waals surface area (Å²) in [6, 6.07) is 8.22. The Labute approximate surface area is 197 Å². The van der Waals surface area contributed by atoms with Crippen molar-refractivity contribution >= 4 is 18.7 Å². The van der Waals surface area contributed by atoms with E-state index < -0.39 is 5.60 Å². The predicted molar refractivity (Wildman–Crippen MR) is 129 cm³/mol. The highest BCUT2D eigenvalue weighted by Crippen LogP contribution is 2.37. The van der Waals surface area contributed by atoms with E-state index in [9.17, 15) is 4.79 Å². The standard InChI is InChI=1S/C25H36BN3O4/c1-23(2,3)31-22(30)29-19-10-8-9-18(19)21-27-15-20(28-21)16-11-13-17(14-12-16)26-32-24(4,5)25(6,7)33-26/h11-15,18-19H,8-10H2,1-7H3,(H,27,28)(H,29,30)/t18-,19-/m1/s1. The number of carbonyl (C=O) groups excluding carboxylic acids is 1. The van der Waals surface area contributed by atoms with Gasteiger partial charge in [-0.3, -0.25) is 0 Å². The van der Waals surface area contributed by atoms with Crippen LogP contribution in [0.25, 0.3) is 11.3 Å². The van der Waals surface area contributed by atoms with Crippen LogP contribution in [0.2, 0.25) is 0 Å². The van der Waals surface area contributed by atoms with Crippen molar-refractivity contribution in [2.75, 3.05) is 0 Å². The lowest BCUT2D eigenvalue weighted by atomic mass is 9.79. The molecule has 2 atom stereocenters. The number of benzene rings is 1. The maximum atomic E-state index is 12.3. The van der Waals surface area contributed by atoms with Crippen molar-refractivity contribution in [2.24, 2.45) is 0 Å². The number of imidazole rings is 1. The molecule has 0 spiro atoms. The van der Waals surface area contributed by atoms with Gasteiger partial charge in [0, 0.05) is 12.0 Å². The third kappa shape index (κ3) is 5.12. The second-order valence-electron chi connectivity index (χ2n) is 11.2. The van der Waals surface area contributed by atoms with Crippen molar-refractivity contribution in [1.82, 2.24) is 15.3 Å². The number of hydrogen-bond acceptors (Lipinski definition) is 5. The number of rotatable bonds is 4. The van der Waals surface area contributed by atoms with Gasteiger partial charge in [-0.05, 0) is 72.3 Å². The second kappa shape index (κ2) is 8.47. The Kier molecular flexibility index (Phi) is 6.12. The first kappa shape index (κ1) is 23.8. The molecule has 1 aromatic heterocycles. The van der Waals surface area contributed by atoms with Gasteiger partial charge in [-0.2, -0.15) is 0 Å². The third-order valence-corrected chi connectivity index (χ3v) is 6.91. The summed E-state index contributed by atoms with van der Waals surface area (Å²) >= 11 is 0. The molecular weight excluding hydrogens is 417 g/mol. The van der Waals surface area contributed by atoms with Crippen molar-refractivity contribution in [3.8, 4) is 11.3 Å². The number of nitrogens with zero attached hydrogens (tertiary/aromatic N) is 1. The average Bonchev–Trinajstić information content (AvgIpc) is 3.39. The van der Waals surface area contributed by atoms with Gasteiger partial charge < -0.3 is 24.3 Å². The molecule has 1 saturated heterocycles. The molecule has 1 saturated carbocycles. The van der Waals surface area contributed by atoms with E-state index >= 15 is 0 Å². The zero-order valence-electron chi connectivity index (χ0n) is 20.8. The molecule has 178 valence electrons. The molecule has 2 fully saturated rings. The van der Waals surface area contributed by atoms with Gasteiger partial charge >= 0.3 is 13.2 Å². The third-order valence-electron chi connectivity index (χ3n) is 6.91. The van der Waals surface area contributed by atoms with Crippen LogP contribution in [0.3, 0.4) is 0 Å². The van der Waals surface area contributed by atoms with Crippen LogP contribution in [0.1, 0.15) is 79.5 Å². The Hall–Kier alpha value is -2.32. The molecule has 1 aliphatic carbocycles. The van der Waals surface area contributed by atoms with E-state index in [0.29, 0.717) is 0 Å². The summed E-state index contributed by atoms with van der Waals surface area (Å²) in [6.07, 6.45) is 4.44. The van der Waals surface area contributed by atoms with E-state index in [0.717, 1.165) is 41.8 Å². The lowest BCUT2D eigenvalue weighted by Gasteiger charge is -2.32. The fourth-order valence-corrected chi connectivity index (χ4v) is 4.39. The summed E-state index contributed by atoms with van der Waals surface area (Å²) in [5.74, 6) is 1.05. The largest absolute Gasteiger partial charge is 0.494 e. The summed E-state index contributed by atoms with van der Waals surface area (Å²) in [5, 5.41) is 3.04. The maximum absolute atomic E-state index is 12.3. The van der Waals surface area contributed by atoms with E-state index in [1.54, 1.807) is 0 Å². The Morgan fingerprint density at radius 2 is 1.76 bits per heavy atom. The number of carbonyl (C=O) groups is 1. The maximum Gasteiger partial charge on any atom is 0.494 e. The van der Waals surface area contributed by atoms with E-state index in [-0.39, 0.29) is 36.4 Å². The van der Waals surface area contributed by atoms with E-state index in [4.69, 9.17) is 14.0 Å². The molecule has 4 rings (SSSR count). The zero-order chi connectivity index (χ0) is 24.0. The molecule has 1 aromatic carbocycles. The van der Waals surface area contributed by atoms with Crippen molar-refractivity contribution < 1.29 is 18.8 Å². The molecule has 1 amide bonds. The number of ether oxygens (including phenoxy) is 1. The summed E-state index contributed by atoms with van der Waals surface area (Å²) in [7, 11) is -0.375. The number of hydrogen-bond donors (Lipinski definition) is 2. The Balaban J connectivity index is 1.43. The Bertz CT molecular complexity index is 978. The van der Waals surface area contributed by atoms with E-state index in [2.05, 4.69) is 55.1 Å². The second-order valence-corrected chi connectivity index (χ2v) is 11.2. The van der Waals surface area contributed by atoms with Crippen molar-refractivity contribution in [3.63, 3.8) is 0 Å². The fraction of sp³-hybridized carbons (Fsp3) is 0.600. The van der Waals surface area contributed by atoms with Crippen LogP contribution in [0.4, 0.5) is 4.79 Å². The average molecular weight is 453 g/mol. The highest BCUT2D eigenvalue weighted by Gasteiger charge is 2.51. The molecule has 0 radical (unpaired) electrons. The van der Waals surface area contributed by atoms with Gasteiger partial charge in [0.1, 0.15) is 11.4 Å². The minimum Gasteiger partial charge on any atom is -0.444 e. The molecule has 2 N–H and O–H groups in total. The molecule has 2 aliphatic rings. The van der Waals surface area contributed by atoms with Gasteiger partial charge in [0.25, 0.3) is 0 Å². The van der Waals surface area contributed by atoms with Gasteiger partial charge in [-0.25, -0.2) is 9.78 Å². The predicted octanol–water partition coefficient (Wildman–Crippen LogP) is 4.54. The van der Waals surface area contributed by atoms with E-state index in [1.165, 1.54) is 0 Å². The quantitative estimate of drug-likeness (QED) is 0.665. The Morgan fingerprint density at radius 3 is 2.36 bits per heavy atom. The highest BCUT2D eigenvalue weighted by atomic mass is 16.7. The molecule has 8 heteroatoms. The van der Waals surface area contributed by atoms with Gasteiger partial charge in [-0.15, -0.1) is 0 Å². The summed E-state index contributed by atoms with van der Waals surface area (Å²) < 4.78 is 17.7. The summed E-state index contributed by atoms with van der Waals surface area (Å²) in [6.45, 7) is 13.8. The molecule has 2 heterocycles. The SMILES string of the molecule is CC(C)(C)OC(=O)N[C@@H]1CCC[C@H]1c1ncc(-c2ccc(B3OC(C)(C)C(C)(C)O3)cc2)[nH]1. The van der Waals surface area contributed by atoms with Gasteiger partial charge in [-0.1, -0.05) is 30.7 Å². The lowest BCUT2D eigenvalue weighted by Crippen LogP contribution is -2.41. The smallest absolute Gasteiger partial charge is 0.444 e. The number of aromatic nitrogens is 2. The van der Waals surface area contributed by atoms with Crippen LogP contribution in [-0.2, 0) is 14.0 Å². The zero-order valence-corrected chi connectivity index (χ0v) is 20.8. The first-order valence-corrected chi connectivity index (χ1v) is 11.8. The monoisotopic (exact) mass is 453 g/mol. The van der Waals surface area contributed by atoms with Crippen molar-refractivity contribution in [1.29, 1.82) is 0 Å². The Morgan fingerprint density at radius 1 is 1.12 bits per heavy atom. The van der Waals surface area contributed by atoms with Crippen molar-refractivity contribution in [3.05, 3.63) is 36.3 Å². The van der Waals surface area contributed by atoms with Crippen molar-refractivity contribution in [2.45, 2.75) is 96.5 Å². The van der Waals surface area contributed by atoms with Crippen LogP contribution in [0, 0.1) is 0 Å². The molecule has 1 aliphatic heterocycles. The van der Waals surface area contributed by atoms with Gasteiger partial charge in [0.2, 0.25) is 0 Å². The lowest BCUT2D eigenvalue weighted by molar-refractivity contribution is 0.00578. The molecule has 2 aromatic rings. The molecular formula is C25H36BN3O4. The topological polar surface area (TPSA) is 85.5 Å². The molecule has 0 unspecified atom stereocenters. The summed E-state index contributed by atoms with van der Waals surface area (Å²) in [4.78, 5) is 20.4. The van der Waals surface area contributed by atoms with Crippen LogP contribution < -0.4 is 10.8 Å². The highest BCUT2D eigenvalue weighted by molar-refractivity contribution is 6.62. The van der Waals surface area contributed by atoms with Crippen LogP contribution in [0.5, 0.6) is 0 Å². The number of H-pyrrole nitrogens is 1. The minimum atomic E-state index is -0.512. The van der Waals surface area contributed by atoms with Gasteiger partial charge in [0.05, 0.1) is 23.1 Å². The normalized spacial score (nSPS) is 24.2. The van der Waals surface area contributed by atoms with E-state index in [1.807, 2.05) is 39.1 Å².